The Labute approximate surface area is 257 Å². The quantitative estimate of drug-likeness (QED) is 0.286. The van der Waals surface area contributed by atoms with E-state index in [-0.39, 0.29) is 18.1 Å². The molecule has 1 amide bonds. The summed E-state index contributed by atoms with van der Waals surface area (Å²) < 4.78 is 24.3. The molecule has 0 spiro atoms. The van der Waals surface area contributed by atoms with Gasteiger partial charge in [-0.15, -0.1) is 0 Å². The largest absolute Gasteiger partial charge is 0.497 e. The van der Waals surface area contributed by atoms with E-state index in [1.54, 1.807) is 68.6 Å². The number of hydrogen-bond acceptors (Lipinski definition) is 9. The minimum Gasteiger partial charge on any atom is -0.497 e. The summed E-state index contributed by atoms with van der Waals surface area (Å²) in [5, 5.41) is 11.9. The molecular weight excluding hydrogens is 580 g/mol. The van der Waals surface area contributed by atoms with Crippen LogP contribution in [0.4, 0.5) is 5.69 Å². The van der Waals surface area contributed by atoms with Crippen LogP contribution in [-0.4, -0.2) is 37.9 Å². The van der Waals surface area contributed by atoms with Crippen molar-refractivity contribution in [3.05, 3.63) is 109 Å². The third-order valence-corrected chi connectivity index (χ3v) is 7.87. The lowest BCUT2D eigenvalue weighted by atomic mass is 9.94. The summed E-state index contributed by atoms with van der Waals surface area (Å²) in [6.07, 6.45) is 1.74. The summed E-state index contributed by atoms with van der Waals surface area (Å²) in [7, 11) is 3.09. The molecule has 0 unspecified atom stereocenters. The van der Waals surface area contributed by atoms with Crippen LogP contribution >= 0.6 is 11.3 Å². The molecule has 0 aliphatic carbocycles. The Morgan fingerprint density at radius 2 is 1.84 bits per heavy atom. The number of nitriles is 1. The Balaban J connectivity index is 1.67. The number of rotatable bonds is 10. The smallest absolute Gasteiger partial charge is 0.271 e. The van der Waals surface area contributed by atoms with Crippen molar-refractivity contribution in [2.75, 3.05) is 32.8 Å². The molecule has 5 rings (SSSR count). The molecule has 1 aromatic heterocycles. The van der Waals surface area contributed by atoms with Crippen molar-refractivity contribution >= 4 is 29.0 Å². The van der Waals surface area contributed by atoms with Gasteiger partial charge in [-0.1, -0.05) is 35.6 Å². The first-order chi connectivity index (χ1) is 21.4. The zero-order chi connectivity index (χ0) is 31.2. The highest BCUT2D eigenvalue weighted by Crippen LogP contribution is 2.37. The number of benzene rings is 3. The zero-order valence-electron chi connectivity index (χ0n) is 24.6. The van der Waals surface area contributed by atoms with Gasteiger partial charge in [0.05, 0.1) is 36.6 Å². The van der Waals surface area contributed by atoms with Gasteiger partial charge in [-0.25, -0.2) is 4.99 Å². The molecule has 11 heteroatoms. The summed E-state index contributed by atoms with van der Waals surface area (Å²) in [6.45, 7) is 3.88. The van der Waals surface area contributed by atoms with E-state index in [1.165, 1.54) is 23.0 Å². The van der Waals surface area contributed by atoms with Gasteiger partial charge in [0.15, 0.2) is 22.9 Å². The van der Waals surface area contributed by atoms with Crippen LogP contribution < -0.4 is 39.2 Å². The molecule has 0 saturated carbocycles. The van der Waals surface area contributed by atoms with Crippen LogP contribution in [0.3, 0.4) is 0 Å². The lowest BCUT2D eigenvalue weighted by Crippen LogP contribution is -2.40. The second kappa shape index (κ2) is 13.3. The highest BCUT2D eigenvalue weighted by atomic mass is 32.1. The maximum absolute atomic E-state index is 14.1. The summed E-state index contributed by atoms with van der Waals surface area (Å²) in [5.74, 6) is 1.53. The average Bonchev–Trinajstić information content (AvgIpc) is 3.33. The van der Waals surface area contributed by atoms with Gasteiger partial charge in [0, 0.05) is 17.3 Å². The number of aromatic nitrogens is 1. The van der Waals surface area contributed by atoms with Gasteiger partial charge >= 0.3 is 0 Å². The zero-order valence-corrected chi connectivity index (χ0v) is 25.4. The molecular formula is C33H30N4O6S. The van der Waals surface area contributed by atoms with Crippen molar-refractivity contribution in [3.8, 4) is 29.1 Å². The van der Waals surface area contributed by atoms with Crippen molar-refractivity contribution in [3.63, 3.8) is 0 Å². The number of hydrogen-bond donors (Lipinski definition) is 1. The number of carbonyl (C=O) groups excluding carboxylic acids is 1. The SMILES string of the molecule is CCOc1cc(/C=c2\sc3n(c2=O)[C@H](c2ccc(OC)cc2OC)C(C(=O)Nc2ccccc2)=C(C)N=3)ccc1OCC#N. The molecule has 1 N–H and O–H groups in total. The van der Waals surface area contributed by atoms with Crippen molar-refractivity contribution < 1.29 is 23.7 Å². The number of nitrogens with one attached hydrogen (secondary N) is 1. The van der Waals surface area contributed by atoms with Gasteiger partial charge in [-0.05, 0) is 61.9 Å². The van der Waals surface area contributed by atoms with Crippen molar-refractivity contribution in [1.82, 2.24) is 4.57 Å². The minimum absolute atomic E-state index is 0.119. The van der Waals surface area contributed by atoms with E-state index in [0.717, 1.165) is 0 Å². The lowest BCUT2D eigenvalue weighted by molar-refractivity contribution is -0.113. The maximum Gasteiger partial charge on any atom is 0.271 e. The van der Waals surface area contributed by atoms with E-state index in [2.05, 4.69) is 5.32 Å². The molecule has 3 aromatic carbocycles. The summed E-state index contributed by atoms with van der Waals surface area (Å²) in [5.41, 5.74) is 2.38. The first-order valence-electron chi connectivity index (χ1n) is 13.8. The molecule has 224 valence electrons. The molecule has 0 fully saturated rings. The maximum atomic E-state index is 14.1. The number of amides is 1. The molecule has 2 heterocycles. The first-order valence-corrected chi connectivity index (χ1v) is 14.6. The number of ether oxygens (including phenoxy) is 4. The number of methoxy groups -OCH3 is 2. The molecule has 0 bridgehead atoms. The molecule has 0 saturated heterocycles. The Morgan fingerprint density at radius 1 is 1.05 bits per heavy atom. The molecule has 4 aromatic rings. The number of carbonyl (C=O) groups is 1. The van der Waals surface area contributed by atoms with Crippen molar-refractivity contribution in [2.45, 2.75) is 19.9 Å². The topological polar surface area (TPSA) is 124 Å². The van der Waals surface area contributed by atoms with Gasteiger partial charge < -0.3 is 24.3 Å². The monoisotopic (exact) mass is 610 g/mol. The van der Waals surface area contributed by atoms with Gasteiger partial charge in [-0.3, -0.25) is 14.2 Å². The van der Waals surface area contributed by atoms with Crippen LogP contribution in [0.1, 0.15) is 31.0 Å². The number of fused-ring (bicyclic) bond motifs is 1. The summed E-state index contributed by atoms with van der Waals surface area (Å²) in [6, 6.07) is 20.7. The molecule has 10 nitrogen and oxygen atoms in total. The van der Waals surface area contributed by atoms with Crippen LogP contribution in [0, 0.1) is 11.3 Å². The number of allylic oxidation sites excluding steroid dienone is 1. The van der Waals surface area contributed by atoms with Gasteiger partial charge in [-0.2, -0.15) is 5.26 Å². The fourth-order valence-electron chi connectivity index (χ4n) is 4.93. The minimum atomic E-state index is -0.835. The predicted octanol–water partition coefficient (Wildman–Crippen LogP) is 4.19. The fourth-order valence-corrected chi connectivity index (χ4v) is 5.98. The van der Waals surface area contributed by atoms with Crippen LogP contribution in [-0.2, 0) is 4.79 Å². The standard InChI is InChI=1S/C33H30N4O6S/c1-5-42-27-17-21(11-14-25(27)43-16-15-34)18-28-32(39)37-30(24-13-12-23(40-3)19-26(24)41-4)29(20(2)35-33(37)44-28)31(38)36-22-9-7-6-8-10-22/h6-14,17-19,30H,5,16H2,1-4H3,(H,36,38)/b28-18-/t30-/m1/s1. The highest BCUT2D eigenvalue weighted by Gasteiger charge is 2.34. The van der Waals surface area contributed by atoms with E-state index in [9.17, 15) is 9.59 Å². The third-order valence-electron chi connectivity index (χ3n) is 6.89. The second-order valence-corrected chi connectivity index (χ2v) is 10.6. The molecule has 1 aliphatic heterocycles. The summed E-state index contributed by atoms with van der Waals surface area (Å²) in [4.78, 5) is 33.1. The Kier molecular flexibility index (Phi) is 9.12. The Morgan fingerprint density at radius 3 is 2.55 bits per heavy atom. The summed E-state index contributed by atoms with van der Waals surface area (Å²) >= 11 is 1.22. The number of anilines is 1. The Bertz CT molecular complexity index is 1960. The first kappa shape index (κ1) is 30.1. The second-order valence-electron chi connectivity index (χ2n) is 9.60. The van der Waals surface area contributed by atoms with Crippen LogP contribution in [0.2, 0.25) is 0 Å². The van der Waals surface area contributed by atoms with E-state index in [1.807, 2.05) is 31.2 Å². The predicted molar refractivity (Wildman–Crippen MR) is 167 cm³/mol. The number of thiazole rings is 1. The number of para-hydroxylation sites is 1. The van der Waals surface area contributed by atoms with Gasteiger partial charge in [0.1, 0.15) is 23.6 Å². The number of nitrogens with zero attached hydrogens (tertiary/aromatic N) is 3. The van der Waals surface area contributed by atoms with E-state index < -0.39 is 6.04 Å². The lowest BCUT2D eigenvalue weighted by Gasteiger charge is -2.26. The van der Waals surface area contributed by atoms with Gasteiger partial charge in [0.25, 0.3) is 11.5 Å². The van der Waals surface area contributed by atoms with Crippen molar-refractivity contribution in [1.29, 1.82) is 5.26 Å². The van der Waals surface area contributed by atoms with E-state index in [0.29, 0.717) is 67.0 Å². The normalized spacial score (nSPS) is 14.2. The Hall–Kier alpha value is -5.34. The van der Waals surface area contributed by atoms with Gasteiger partial charge in [0.2, 0.25) is 0 Å². The van der Waals surface area contributed by atoms with E-state index in [4.69, 9.17) is 29.2 Å². The average molecular weight is 611 g/mol. The molecule has 1 atom stereocenters. The van der Waals surface area contributed by atoms with E-state index >= 15 is 0 Å². The van der Waals surface area contributed by atoms with Crippen LogP contribution in [0.15, 0.2) is 87.8 Å². The van der Waals surface area contributed by atoms with Crippen LogP contribution in [0.25, 0.3) is 6.08 Å². The van der Waals surface area contributed by atoms with Crippen molar-refractivity contribution in [2.24, 2.45) is 4.99 Å². The third kappa shape index (κ3) is 6.07. The highest BCUT2D eigenvalue weighted by molar-refractivity contribution is 7.07. The molecule has 44 heavy (non-hydrogen) atoms. The molecule has 0 radical (unpaired) electrons. The molecule has 1 aliphatic rings. The van der Waals surface area contributed by atoms with Crippen LogP contribution in [0.5, 0.6) is 23.0 Å². The fraction of sp³-hybridized carbons (Fsp3) is 0.212.